The molecule has 0 spiro atoms. The zero-order chi connectivity index (χ0) is 21.5. The van der Waals surface area contributed by atoms with Crippen LogP contribution in [-0.2, 0) is 6.42 Å². The molecule has 0 saturated carbocycles. The van der Waals surface area contributed by atoms with Gasteiger partial charge in [-0.1, -0.05) is 84.2 Å². The summed E-state index contributed by atoms with van der Waals surface area (Å²) in [5.74, 6) is 0. The van der Waals surface area contributed by atoms with Gasteiger partial charge in [-0.2, -0.15) is 0 Å². The van der Waals surface area contributed by atoms with Crippen molar-refractivity contribution in [1.29, 1.82) is 0 Å². The smallest absolute Gasteiger partial charge is 0.271 e. The van der Waals surface area contributed by atoms with Crippen LogP contribution >= 0.6 is 22.7 Å². The van der Waals surface area contributed by atoms with E-state index in [4.69, 9.17) is 4.99 Å². The highest BCUT2D eigenvalue weighted by molar-refractivity contribution is 7.10. The summed E-state index contributed by atoms with van der Waals surface area (Å²) in [7, 11) is 0. The molecule has 1 unspecified atom stereocenters. The first-order valence-electron chi connectivity index (χ1n) is 10.7. The average molecular weight is 453 g/mol. The monoisotopic (exact) mass is 452 g/mol. The zero-order valence-corrected chi connectivity index (χ0v) is 18.9. The SMILES string of the molecule is O=c1c(=C/C=C/c2ccccc2)sc2n1C(c1cccs1)C1=C(N=2)c2ccccc2CC1. The third-order valence-electron chi connectivity index (χ3n) is 6.02. The van der Waals surface area contributed by atoms with Crippen LogP contribution in [0.5, 0.6) is 0 Å². The van der Waals surface area contributed by atoms with Crippen LogP contribution in [0, 0.1) is 0 Å². The van der Waals surface area contributed by atoms with Gasteiger partial charge in [0.25, 0.3) is 5.56 Å². The van der Waals surface area contributed by atoms with E-state index < -0.39 is 0 Å². The molecule has 6 rings (SSSR count). The summed E-state index contributed by atoms with van der Waals surface area (Å²) in [5.41, 5.74) is 6.00. The standard InChI is InChI=1S/C27H20N2OS2/c30-26-23(13-6-10-18-8-2-1-3-9-18)32-27-28-24-20-12-5-4-11-19(20)15-16-21(24)25(29(26)27)22-14-7-17-31-22/h1-14,17,25H,15-16H2/b10-6+,23-13?. The van der Waals surface area contributed by atoms with Gasteiger partial charge < -0.3 is 0 Å². The predicted octanol–water partition coefficient (Wildman–Crippen LogP) is 5.05. The fourth-order valence-corrected chi connectivity index (χ4v) is 6.34. The van der Waals surface area contributed by atoms with Gasteiger partial charge in [0.2, 0.25) is 0 Å². The molecule has 156 valence electrons. The normalized spacial score (nSPS) is 17.8. The van der Waals surface area contributed by atoms with Gasteiger partial charge in [-0.15, -0.1) is 11.3 Å². The van der Waals surface area contributed by atoms with Gasteiger partial charge in [0, 0.05) is 10.4 Å². The summed E-state index contributed by atoms with van der Waals surface area (Å²) in [4.78, 5) is 20.5. The third kappa shape index (κ3) is 3.25. The number of hydrogen-bond donors (Lipinski definition) is 0. The highest BCUT2D eigenvalue weighted by Gasteiger charge is 2.32. The van der Waals surface area contributed by atoms with E-state index in [0.717, 1.165) is 28.9 Å². The predicted molar refractivity (Wildman–Crippen MR) is 133 cm³/mol. The number of nitrogens with zero attached hydrogens (tertiary/aromatic N) is 2. The number of aromatic nitrogens is 1. The Morgan fingerprint density at radius 2 is 1.81 bits per heavy atom. The molecule has 32 heavy (non-hydrogen) atoms. The van der Waals surface area contributed by atoms with Crippen molar-refractivity contribution < 1.29 is 0 Å². The van der Waals surface area contributed by atoms with Gasteiger partial charge in [-0.3, -0.25) is 9.36 Å². The number of allylic oxidation sites excluding steroid dienone is 2. The molecule has 3 nitrogen and oxygen atoms in total. The van der Waals surface area contributed by atoms with Crippen LogP contribution in [0.25, 0.3) is 17.8 Å². The number of benzene rings is 2. The van der Waals surface area contributed by atoms with Crippen LogP contribution in [0.3, 0.4) is 0 Å². The van der Waals surface area contributed by atoms with Gasteiger partial charge in [0.15, 0.2) is 4.80 Å². The molecule has 2 aromatic heterocycles. The maximum Gasteiger partial charge on any atom is 0.271 e. The molecule has 1 aliphatic heterocycles. The number of rotatable bonds is 3. The topological polar surface area (TPSA) is 34.4 Å². The molecule has 2 aromatic carbocycles. The Labute approximate surface area is 193 Å². The van der Waals surface area contributed by atoms with E-state index in [-0.39, 0.29) is 11.6 Å². The minimum atomic E-state index is -0.0742. The maximum absolute atomic E-state index is 13.5. The van der Waals surface area contributed by atoms with Gasteiger partial charge in [-0.25, -0.2) is 4.99 Å². The van der Waals surface area contributed by atoms with E-state index in [0.29, 0.717) is 4.53 Å². The van der Waals surface area contributed by atoms with Crippen LogP contribution in [0.2, 0.25) is 0 Å². The Bertz CT molecular complexity index is 1540. The summed E-state index contributed by atoms with van der Waals surface area (Å²) in [6.07, 6.45) is 7.80. The van der Waals surface area contributed by atoms with Crippen molar-refractivity contribution in [3.63, 3.8) is 0 Å². The second-order valence-corrected chi connectivity index (χ2v) is 9.91. The van der Waals surface area contributed by atoms with E-state index >= 15 is 0 Å². The number of thiophene rings is 1. The molecule has 0 N–H and O–H groups in total. The van der Waals surface area contributed by atoms with E-state index in [2.05, 4.69) is 41.8 Å². The lowest BCUT2D eigenvalue weighted by molar-refractivity contribution is 0.593. The third-order valence-corrected chi connectivity index (χ3v) is 7.95. The van der Waals surface area contributed by atoms with Crippen LogP contribution in [0.4, 0.5) is 0 Å². The van der Waals surface area contributed by atoms with Crippen molar-refractivity contribution in [1.82, 2.24) is 4.57 Å². The molecular weight excluding hydrogens is 432 g/mol. The number of aryl methyl sites for hydroxylation is 1. The highest BCUT2D eigenvalue weighted by atomic mass is 32.1. The van der Waals surface area contributed by atoms with Crippen LogP contribution in [0.1, 0.15) is 34.0 Å². The summed E-state index contributed by atoms with van der Waals surface area (Å²) in [6.45, 7) is 0. The number of hydrogen-bond acceptors (Lipinski definition) is 4. The molecule has 1 aliphatic carbocycles. The Balaban J connectivity index is 1.54. The fourth-order valence-electron chi connectivity index (χ4n) is 4.54. The number of thiazole rings is 1. The lowest BCUT2D eigenvalue weighted by Crippen LogP contribution is -2.38. The molecule has 4 aromatic rings. The van der Waals surface area contributed by atoms with E-state index in [9.17, 15) is 4.79 Å². The molecule has 0 saturated heterocycles. The number of fused-ring (bicyclic) bond motifs is 3. The van der Waals surface area contributed by atoms with Crippen molar-refractivity contribution in [2.24, 2.45) is 4.99 Å². The Morgan fingerprint density at radius 3 is 2.66 bits per heavy atom. The molecule has 0 amide bonds. The van der Waals surface area contributed by atoms with E-state index in [1.165, 1.54) is 32.9 Å². The maximum atomic E-state index is 13.5. The molecule has 0 fully saturated rings. The summed E-state index contributed by atoms with van der Waals surface area (Å²) >= 11 is 3.18. The molecule has 1 atom stereocenters. The lowest BCUT2D eigenvalue weighted by Gasteiger charge is -2.30. The first-order valence-corrected chi connectivity index (χ1v) is 12.4. The minimum Gasteiger partial charge on any atom is -0.271 e. The highest BCUT2D eigenvalue weighted by Crippen LogP contribution is 2.42. The molecule has 3 heterocycles. The van der Waals surface area contributed by atoms with Crippen molar-refractivity contribution >= 4 is 40.5 Å². The van der Waals surface area contributed by atoms with Gasteiger partial charge in [-0.05, 0) is 47.1 Å². The zero-order valence-electron chi connectivity index (χ0n) is 17.3. The van der Waals surface area contributed by atoms with Crippen LogP contribution in [-0.4, -0.2) is 4.57 Å². The first-order chi connectivity index (χ1) is 15.8. The molecule has 5 heteroatoms. The van der Waals surface area contributed by atoms with E-state index in [1.807, 2.05) is 53.1 Å². The second kappa shape index (κ2) is 8.01. The van der Waals surface area contributed by atoms with Crippen molar-refractivity contribution in [2.75, 3.05) is 0 Å². The molecule has 2 aliphatic rings. The lowest BCUT2D eigenvalue weighted by atomic mass is 9.85. The second-order valence-electron chi connectivity index (χ2n) is 7.92. The Kier molecular flexibility index (Phi) is 4.86. The molecular formula is C27H20N2OS2. The van der Waals surface area contributed by atoms with Crippen molar-refractivity contribution in [2.45, 2.75) is 18.9 Å². The van der Waals surface area contributed by atoms with Crippen molar-refractivity contribution in [3.05, 3.63) is 125 Å². The summed E-state index contributed by atoms with van der Waals surface area (Å²) in [6, 6.07) is 22.8. The fraction of sp³-hybridized carbons (Fsp3) is 0.111. The van der Waals surface area contributed by atoms with E-state index in [1.54, 1.807) is 11.3 Å². The van der Waals surface area contributed by atoms with Gasteiger partial charge >= 0.3 is 0 Å². The molecule has 0 radical (unpaired) electrons. The quantitative estimate of drug-likeness (QED) is 0.429. The Hall–Kier alpha value is -3.28. The van der Waals surface area contributed by atoms with Gasteiger partial charge in [0.05, 0.1) is 16.3 Å². The minimum absolute atomic E-state index is 0.0373. The van der Waals surface area contributed by atoms with Crippen LogP contribution in [0.15, 0.2) is 93.5 Å². The Morgan fingerprint density at radius 1 is 0.969 bits per heavy atom. The first kappa shape index (κ1) is 19.4. The largest absolute Gasteiger partial charge is 0.271 e. The average Bonchev–Trinajstić information content (AvgIpc) is 3.47. The summed E-state index contributed by atoms with van der Waals surface area (Å²) in [5, 5.41) is 2.09. The molecule has 0 bridgehead atoms. The van der Waals surface area contributed by atoms with Crippen LogP contribution < -0.4 is 14.9 Å². The van der Waals surface area contributed by atoms with Gasteiger partial charge in [0.1, 0.15) is 0 Å². The van der Waals surface area contributed by atoms with Crippen molar-refractivity contribution in [3.8, 4) is 0 Å². The summed E-state index contributed by atoms with van der Waals surface area (Å²) < 4.78 is 2.62.